The van der Waals surface area contributed by atoms with Crippen molar-refractivity contribution in [3.63, 3.8) is 0 Å². The molecule has 0 aliphatic carbocycles. The largest absolute Gasteiger partial charge is 1.00 e. The average Bonchev–Trinajstić information content (AvgIpc) is 2.69. The lowest BCUT2D eigenvalue weighted by Crippen LogP contribution is -3.00. The van der Waals surface area contributed by atoms with Gasteiger partial charge in [0, 0.05) is 23.1 Å². The molecule has 2 aromatic heterocycles. The fourth-order valence-corrected chi connectivity index (χ4v) is 1.67. The van der Waals surface area contributed by atoms with Crippen molar-refractivity contribution in [2.45, 2.75) is 0 Å². The van der Waals surface area contributed by atoms with E-state index in [1.54, 1.807) is 11.3 Å². The number of aromatic nitrogens is 1. The summed E-state index contributed by atoms with van der Waals surface area (Å²) in [5.74, 6) is 0. The minimum atomic E-state index is 0. The monoisotopic (exact) mass is 285 g/mol. The molecule has 0 fully saturated rings. The molecule has 2 heterocycles. The molecule has 80 valence electrons. The van der Waals surface area contributed by atoms with Crippen LogP contribution >= 0.6 is 11.3 Å². The molecule has 2 nitrogen and oxygen atoms in total. The van der Waals surface area contributed by atoms with Crippen molar-refractivity contribution in [3.05, 3.63) is 53.0 Å². The summed E-state index contributed by atoms with van der Waals surface area (Å²) >= 11 is 1.74. The van der Waals surface area contributed by atoms with E-state index >= 15 is 0 Å². The van der Waals surface area contributed by atoms with E-state index in [1.807, 2.05) is 41.4 Å². The molecule has 4 heteroatoms. The highest BCUT2D eigenvalue weighted by Gasteiger charge is 1.91. The van der Waals surface area contributed by atoms with E-state index in [-0.39, 0.29) is 22.5 Å². The predicted molar refractivity (Wildman–Crippen MR) is 59.8 cm³/mol. The molecule has 15 heavy (non-hydrogen) atoms. The van der Waals surface area contributed by atoms with Crippen molar-refractivity contribution >= 4 is 23.6 Å². The summed E-state index contributed by atoms with van der Waals surface area (Å²) < 4.78 is 2.03. The van der Waals surface area contributed by atoms with Crippen molar-refractivity contribution in [1.82, 2.24) is 0 Å². The number of rotatable bonds is 2. The van der Waals surface area contributed by atoms with Crippen LogP contribution in [-0.4, -0.2) is 5.48 Å². The van der Waals surface area contributed by atoms with Gasteiger partial charge < -0.3 is 22.5 Å². The Balaban J connectivity index is 0.000000980. The van der Waals surface area contributed by atoms with Crippen LogP contribution in [0.2, 0.25) is 0 Å². The smallest absolute Gasteiger partial charge is 0.175 e. The van der Waals surface area contributed by atoms with Gasteiger partial charge in [-0.05, 0) is 11.4 Å². The van der Waals surface area contributed by atoms with Crippen LogP contribution in [-0.2, 0) is 0 Å². The van der Waals surface area contributed by atoms with Crippen LogP contribution in [0.25, 0.3) is 12.3 Å². The van der Waals surface area contributed by atoms with E-state index in [2.05, 4.69) is 23.6 Å². The first-order chi connectivity index (χ1) is 6.45. The van der Waals surface area contributed by atoms with E-state index in [1.165, 1.54) is 4.88 Å². The topological polar surface area (TPSA) is 35.4 Å². The van der Waals surface area contributed by atoms with Gasteiger partial charge in [-0.25, -0.2) is 0 Å². The fourth-order valence-electron chi connectivity index (χ4n) is 1.06. The highest BCUT2D eigenvalue weighted by molar-refractivity contribution is 7.10. The normalized spacial score (nSPS) is 9.33. The van der Waals surface area contributed by atoms with E-state index in [9.17, 15) is 0 Å². The number of hydrogen-bond donors (Lipinski definition) is 0. The second kappa shape index (κ2) is 7.34. The number of halogens is 1. The maximum absolute atomic E-state index is 2.10. The number of pyridine rings is 1. The Morgan fingerprint density at radius 3 is 2.40 bits per heavy atom. The standard InChI is InChI=1S/C11H10NS.BrH.H2O/c1-2-7-12(8-3-1)9-6-11-5-4-10-13-11;;/h1-10H;1H;1H2/q+1;;/p-1. The van der Waals surface area contributed by atoms with Crippen LogP contribution < -0.4 is 21.5 Å². The predicted octanol–water partition coefficient (Wildman–Crippen LogP) is -1.16. The highest BCUT2D eigenvalue weighted by Crippen LogP contribution is 2.09. The van der Waals surface area contributed by atoms with Gasteiger partial charge in [0.05, 0.1) is 0 Å². The first-order valence-corrected chi connectivity index (χ1v) is 5.00. The van der Waals surface area contributed by atoms with Crippen LogP contribution in [0.4, 0.5) is 0 Å². The van der Waals surface area contributed by atoms with E-state index < -0.39 is 0 Å². The van der Waals surface area contributed by atoms with Gasteiger partial charge in [0.15, 0.2) is 18.6 Å². The maximum Gasteiger partial charge on any atom is 0.175 e. The van der Waals surface area contributed by atoms with Crippen molar-refractivity contribution in [2.24, 2.45) is 0 Å². The zero-order valence-electron chi connectivity index (χ0n) is 8.01. The summed E-state index contributed by atoms with van der Waals surface area (Å²) in [6, 6.07) is 10.2. The second-order valence-electron chi connectivity index (χ2n) is 2.65. The minimum Gasteiger partial charge on any atom is -1.00 e. The Hall–Kier alpha value is -0.970. The van der Waals surface area contributed by atoms with Gasteiger partial charge in [-0.2, -0.15) is 4.57 Å². The molecule has 0 unspecified atom stereocenters. The highest BCUT2D eigenvalue weighted by atomic mass is 79.9. The Kier molecular flexibility index (Phi) is 6.86. The van der Waals surface area contributed by atoms with E-state index in [0.29, 0.717) is 0 Å². The van der Waals surface area contributed by atoms with Gasteiger partial charge in [0.1, 0.15) is 0 Å². The number of nitrogens with zero attached hydrogens (tertiary/aromatic N) is 1. The minimum absolute atomic E-state index is 0. The summed E-state index contributed by atoms with van der Waals surface area (Å²) in [6.07, 6.45) is 8.19. The molecule has 0 bridgehead atoms. The molecule has 2 aromatic rings. The molecular formula is C11H12BrNOS. The third-order valence-corrected chi connectivity index (χ3v) is 2.53. The van der Waals surface area contributed by atoms with Gasteiger partial charge in [0.2, 0.25) is 0 Å². The second-order valence-corrected chi connectivity index (χ2v) is 3.63. The van der Waals surface area contributed by atoms with Crippen molar-refractivity contribution in [2.75, 3.05) is 0 Å². The quantitative estimate of drug-likeness (QED) is 0.625. The fraction of sp³-hybridized carbons (Fsp3) is 0. The Labute approximate surface area is 104 Å². The Morgan fingerprint density at radius 2 is 1.80 bits per heavy atom. The van der Waals surface area contributed by atoms with Crippen molar-refractivity contribution in [1.29, 1.82) is 0 Å². The van der Waals surface area contributed by atoms with Crippen LogP contribution in [0.15, 0.2) is 48.1 Å². The zero-order valence-corrected chi connectivity index (χ0v) is 10.4. The van der Waals surface area contributed by atoms with Crippen LogP contribution in [0.5, 0.6) is 0 Å². The van der Waals surface area contributed by atoms with Gasteiger partial charge in [-0.1, -0.05) is 12.1 Å². The third kappa shape index (κ3) is 4.38. The van der Waals surface area contributed by atoms with Gasteiger partial charge in [-0.15, -0.1) is 11.3 Å². The summed E-state index contributed by atoms with van der Waals surface area (Å²) in [5.41, 5.74) is 0. The molecule has 0 radical (unpaired) electrons. The third-order valence-electron chi connectivity index (χ3n) is 1.69. The van der Waals surface area contributed by atoms with Gasteiger partial charge >= 0.3 is 0 Å². The zero-order chi connectivity index (χ0) is 8.93. The molecule has 0 aliphatic rings. The SMILES string of the molecule is C(=C[n+]1ccccc1)c1cccs1.O.[Br-]. The number of thiophene rings is 1. The van der Waals surface area contributed by atoms with E-state index in [4.69, 9.17) is 0 Å². The maximum atomic E-state index is 2.10. The lowest BCUT2D eigenvalue weighted by Gasteiger charge is -1.84. The number of hydrogen-bond acceptors (Lipinski definition) is 1. The van der Waals surface area contributed by atoms with Crippen LogP contribution in [0.1, 0.15) is 4.88 Å². The lowest BCUT2D eigenvalue weighted by atomic mass is 10.4. The Bertz CT molecular complexity index is 386. The molecular weight excluding hydrogens is 274 g/mol. The summed E-state index contributed by atoms with van der Waals surface area (Å²) in [7, 11) is 0. The Morgan fingerprint density at radius 1 is 1.07 bits per heavy atom. The van der Waals surface area contributed by atoms with Crippen LogP contribution in [0.3, 0.4) is 0 Å². The van der Waals surface area contributed by atoms with Crippen molar-refractivity contribution < 1.29 is 27.0 Å². The summed E-state index contributed by atoms with van der Waals surface area (Å²) in [4.78, 5) is 1.27. The van der Waals surface area contributed by atoms with Gasteiger partial charge in [0.25, 0.3) is 0 Å². The summed E-state index contributed by atoms with van der Waals surface area (Å²) in [6.45, 7) is 0. The molecule has 0 aliphatic heterocycles. The molecule has 0 saturated heterocycles. The first-order valence-electron chi connectivity index (χ1n) is 4.13. The van der Waals surface area contributed by atoms with Crippen molar-refractivity contribution in [3.8, 4) is 0 Å². The molecule has 0 atom stereocenters. The lowest BCUT2D eigenvalue weighted by molar-refractivity contribution is -0.567. The molecule has 0 spiro atoms. The summed E-state index contributed by atoms with van der Waals surface area (Å²) in [5, 5.41) is 2.08. The molecule has 2 N–H and O–H groups in total. The molecule has 0 amide bonds. The van der Waals surface area contributed by atoms with E-state index in [0.717, 1.165) is 0 Å². The molecule has 0 saturated carbocycles. The molecule has 0 aromatic carbocycles. The first kappa shape index (κ1) is 14.0. The molecule has 2 rings (SSSR count). The van der Waals surface area contributed by atoms with Crippen LogP contribution in [0, 0.1) is 0 Å². The van der Waals surface area contributed by atoms with Gasteiger partial charge in [-0.3, -0.25) is 0 Å². The average molecular weight is 286 g/mol.